The molecule has 0 heterocycles. The summed E-state index contributed by atoms with van der Waals surface area (Å²) in [5, 5.41) is 8.74. The van der Waals surface area contributed by atoms with E-state index in [0.717, 1.165) is 42.6 Å². The van der Waals surface area contributed by atoms with E-state index in [-0.39, 0.29) is 25.4 Å². The molecule has 0 spiro atoms. The molecule has 28 heavy (non-hydrogen) atoms. The highest BCUT2D eigenvalue weighted by Crippen LogP contribution is 2.25. The monoisotopic (exact) mass is 408 g/mol. The van der Waals surface area contributed by atoms with E-state index in [1.165, 1.54) is 0 Å². The summed E-state index contributed by atoms with van der Waals surface area (Å²) in [6, 6.07) is 15.4. The normalized spacial score (nSPS) is 11.4. The third-order valence-corrected chi connectivity index (χ3v) is 4.98. The van der Waals surface area contributed by atoms with E-state index in [2.05, 4.69) is 0 Å². The Morgan fingerprint density at radius 3 is 1.61 bits per heavy atom. The van der Waals surface area contributed by atoms with Crippen molar-refractivity contribution in [3.8, 4) is 22.6 Å². The van der Waals surface area contributed by atoms with Gasteiger partial charge in [-0.2, -0.15) is 8.42 Å². The third-order valence-electron chi connectivity index (χ3n) is 4.18. The second-order valence-corrected chi connectivity index (χ2v) is 8.10. The zero-order valence-electron chi connectivity index (χ0n) is 15.9. The van der Waals surface area contributed by atoms with Crippen LogP contribution >= 0.6 is 0 Å². The van der Waals surface area contributed by atoms with Crippen molar-refractivity contribution in [1.82, 2.24) is 0 Å². The molecule has 0 aliphatic rings. The Morgan fingerprint density at radius 2 is 1.14 bits per heavy atom. The summed E-state index contributed by atoms with van der Waals surface area (Å²) in [4.78, 5) is 0. The SMILES string of the molecule is O=S(=O)(O)CCCOc1ccc(-c2ccc(OCCCCCCO)cc2)cc1. The zero-order chi connectivity index (χ0) is 20.2. The molecule has 0 saturated carbocycles. The maximum atomic E-state index is 10.7. The van der Waals surface area contributed by atoms with Crippen molar-refractivity contribution in [2.75, 3.05) is 25.6 Å². The first-order valence-electron chi connectivity index (χ1n) is 9.50. The first kappa shape index (κ1) is 22.2. The topological polar surface area (TPSA) is 93.1 Å². The van der Waals surface area contributed by atoms with Gasteiger partial charge < -0.3 is 14.6 Å². The lowest BCUT2D eigenvalue weighted by Crippen LogP contribution is -2.08. The van der Waals surface area contributed by atoms with Crippen LogP contribution in [0.2, 0.25) is 0 Å². The molecule has 2 aromatic carbocycles. The van der Waals surface area contributed by atoms with Crippen LogP contribution in [0.1, 0.15) is 32.1 Å². The van der Waals surface area contributed by atoms with Crippen LogP contribution in [0.4, 0.5) is 0 Å². The average molecular weight is 409 g/mol. The van der Waals surface area contributed by atoms with Gasteiger partial charge in [-0.25, -0.2) is 0 Å². The fourth-order valence-corrected chi connectivity index (χ4v) is 3.16. The molecule has 154 valence electrons. The molecule has 0 fully saturated rings. The minimum Gasteiger partial charge on any atom is -0.494 e. The number of aliphatic hydroxyl groups is 1. The van der Waals surface area contributed by atoms with Crippen LogP contribution < -0.4 is 9.47 Å². The molecule has 0 aliphatic heterocycles. The summed E-state index contributed by atoms with van der Waals surface area (Å²) in [6.07, 6.45) is 4.15. The van der Waals surface area contributed by atoms with E-state index in [1.54, 1.807) is 0 Å². The van der Waals surface area contributed by atoms with Gasteiger partial charge in [0, 0.05) is 6.61 Å². The molecule has 0 aliphatic carbocycles. The largest absolute Gasteiger partial charge is 0.494 e. The highest BCUT2D eigenvalue weighted by Gasteiger charge is 2.04. The molecule has 0 bridgehead atoms. The third kappa shape index (κ3) is 8.73. The predicted octanol–water partition coefficient (Wildman–Crippen LogP) is 3.94. The Bertz CT molecular complexity index is 785. The van der Waals surface area contributed by atoms with Gasteiger partial charge in [0.05, 0.1) is 19.0 Å². The highest BCUT2D eigenvalue weighted by atomic mass is 32.2. The first-order chi connectivity index (χ1) is 13.5. The average Bonchev–Trinajstić information content (AvgIpc) is 2.68. The molecule has 2 aromatic rings. The summed E-state index contributed by atoms with van der Waals surface area (Å²) in [5.41, 5.74) is 2.11. The van der Waals surface area contributed by atoms with Crippen molar-refractivity contribution in [2.24, 2.45) is 0 Å². The summed E-state index contributed by atoms with van der Waals surface area (Å²) in [6.45, 7) is 1.16. The maximum Gasteiger partial charge on any atom is 0.264 e. The lowest BCUT2D eigenvalue weighted by molar-refractivity contribution is 0.273. The number of rotatable bonds is 13. The number of benzene rings is 2. The molecule has 2 N–H and O–H groups in total. The van der Waals surface area contributed by atoms with Gasteiger partial charge in [-0.3, -0.25) is 4.55 Å². The Labute approximate surface area is 166 Å². The van der Waals surface area contributed by atoms with Gasteiger partial charge in [-0.15, -0.1) is 0 Å². The van der Waals surface area contributed by atoms with Gasteiger partial charge in [-0.05, 0) is 61.1 Å². The van der Waals surface area contributed by atoms with E-state index in [1.807, 2.05) is 48.5 Å². The molecule has 2 rings (SSSR count). The van der Waals surface area contributed by atoms with Crippen molar-refractivity contribution >= 4 is 10.1 Å². The van der Waals surface area contributed by atoms with Gasteiger partial charge in [0.15, 0.2) is 0 Å². The summed E-state index contributed by atoms with van der Waals surface area (Å²) < 4.78 is 41.2. The van der Waals surface area contributed by atoms with Crippen molar-refractivity contribution in [1.29, 1.82) is 0 Å². The summed E-state index contributed by atoms with van der Waals surface area (Å²) in [5.74, 6) is 1.19. The van der Waals surface area contributed by atoms with Crippen molar-refractivity contribution in [2.45, 2.75) is 32.1 Å². The molecule has 0 atom stereocenters. The van der Waals surface area contributed by atoms with Gasteiger partial charge >= 0.3 is 0 Å². The summed E-state index contributed by atoms with van der Waals surface area (Å²) in [7, 11) is -3.94. The second-order valence-electron chi connectivity index (χ2n) is 6.52. The van der Waals surface area contributed by atoms with Crippen LogP contribution in [0, 0.1) is 0 Å². The molecule has 0 radical (unpaired) electrons. The van der Waals surface area contributed by atoms with Gasteiger partial charge in [-0.1, -0.05) is 30.7 Å². The smallest absolute Gasteiger partial charge is 0.264 e. The van der Waals surface area contributed by atoms with Crippen molar-refractivity contribution in [3.63, 3.8) is 0 Å². The second kappa shape index (κ2) is 11.7. The van der Waals surface area contributed by atoms with Gasteiger partial charge in [0.1, 0.15) is 11.5 Å². The molecule has 6 nitrogen and oxygen atoms in total. The van der Waals surface area contributed by atoms with Crippen LogP contribution in [-0.2, 0) is 10.1 Å². The highest BCUT2D eigenvalue weighted by molar-refractivity contribution is 7.85. The molecular formula is C21H28O6S. The summed E-state index contributed by atoms with van der Waals surface area (Å²) >= 11 is 0. The first-order valence-corrected chi connectivity index (χ1v) is 11.1. The molecule has 0 aromatic heterocycles. The van der Waals surface area contributed by atoms with Gasteiger partial charge in [0.2, 0.25) is 0 Å². The molecule has 0 unspecified atom stereocenters. The molecule has 7 heteroatoms. The Kier molecular flexibility index (Phi) is 9.27. The van der Waals surface area contributed by atoms with E-state index in [9.17, 15) is 8.42 Å². The van der Waals surface area contributed by atoms with Crippen molar-refractivity contribution in [3.05, 3.63) is 48.5 Å². The van der Waals surface area contributed by atoms with Crippen LogP contribution in [0.5, 0.6) is 11.5 Å². The van der Waals surface area contributed by atoms with E-state index < -0.39 is 10.1 Å². The minimum absolute atomic E-state index is 0.227. The molecular weight excluding hydrogens is 380 g/mol. The van der Waals surface area contributed by atoms with E-state index in [4.69, 9.17) is 19.1 Å². The number of hydrogen-bond acceptors (Lipinski definition) is 5. The number of aliphatic hydroxyl groups excluding tert-OH is 1. The lowest BCUT2D eigenvalue weighted by atomic mass is 10.1. The van der Waals surface area contributed by atoms with E-state index >= 15 is 0 Å². The maximum absolute atomic E-state index is 10.7. The number of ether oxygens (including phenoxy) is 2. The van der Waals surface area contributed by atoms with Crippen LogP contribution in [0.3, 0.4) is 0 Å². The Morgan fingerprint density at radius 1 is 0.679 bits per heavy atom. The van der Waals surface area contributed by atoms with Crippen LogP contribution in [0.15, 0.2) is 48.5 Å². The van der Waals surface area contributed by atoms with Crippen LogP contribution in [0.25, 0.3) is 11.1 Å². The quantitative estimate of drug-likeness (QED) is 0.385. The zero-order valence-corrected chi connectivity index (χ0v) is 16.7. The molecule has 0 amide bonds. The minimum atomic E-state index is -3.94. The fourth-order valence-electron chi connectivity index (χ4n) is 2.68. The van der Waals surface area contributed by atoms with E-state index in [0.29, 0.717) is 12.4 Å². The number of hydrogen-bond donors (Lipinski definition) is 2. The lowest BCUT2D eigenvalue weighted by Gasteiger charge is -2.09. The molecule has 0 saturated heterocycles. The van der Waals surface area contributed by atoms with Crippen molar-refractivity contribution < 1.29 is 27.6 Å². The standard InChI is InChI=1S/C21H28O6S/c22-14-3-1-2-4-15-26-20-10-6-18(7-11-20)19-8-12-21(13-9-19)27-16-5-17-28(23,24)25/h6-13,22H,1-5,14-17H2,(H,23,24,25). The van der Waals surface area contributed by atoms with Crippen LogP contribution in [-0.4, -0.2) is 43.7 Å². The Hall–Kier alpha value is -2.09. The number of unbranched alkanes of at least 4 members (excludes halogenated alkanes) is 3. The fraction of sp³-hybridized carbons (Fsp3) is 0.429. The van der Waals surface area contributed by atoms with Gasteiger partial charge in [0.25, 0.3) is 10.1 Å². The Balaban J connectivity index is 1.77. The predicted molar refractivity (Wildman–Crippen MR) is 109 cm³/mol.